The summed E-state index contributed by atoms with van der Waals surface area (Å²) in [5.74, 6) is 6.51. The van der Waals surface area contributed by atoms with E-state index in [1.807, 2.05) is 13.0 Å². The number of anilines is 1. The van der Waals surface area contributed by atoms with Gasteiger partial charge in [0.15, 0.2) is 0 Å². The molecule has 1 heterocycles. The molecule has 5 heteroatoms. The van der Waals surface area contributed by atoms with Gasteiger partial charge in [0.25, 0.3) is 5.91 Å². The van der Waals surface area contributed by atoms with Crippen LogP contribution in [0.25, 0.3) is 0 Å². The number of aryl methyl sites for hydroxylation is 1. The van der Waals surface area contributed by atoms with Crippen LogP contribution in [0, 0.1) is 5.92 Å². The number of amides is 1. The lowest BCUT2D eigenvalue weighted by Gasteiger charge is -2.12. The third-order valence-electron chi connectivity index (χ3n) is 3.68. The standard InChI is InChI=1S/C14H22N4O/c1-2-12-7-11(8-13(17-12)18-15)14(19)16-9-10-5-3-4-6-10/h7-8,10H,2-6,9,15H2,1H3,(H,16,19)(H,17,18). The number of hydrogen-bond acceptors (Lipinski definition) is 4. The maximum Gasteiger partial charge on any atom is 0.251 e. The topological polar surface area (TPSA) is 80.0 Å². The summed E-state index contributed by atoms with van der Waals surface area (Å²) >= 11 is 0. The number of nitrogen functional groups attached to an aromatic ring is 1. The number of rotatable bonds is 5. The summed E-state index contributed by atoms with van der Waals surface area (Å²) in [4.78, 5) is 16.4. The van der Waals surface area contributed by atoms with Crippen LogP contribution < -0.4 is 16.6 Å². The first-order valence-electron chi connectivity index (χ1n) is 6.98. The van der Waals surface area contributed by atoms with E-state index in [2.05, 4.69) is 15.7 Å². The van der Waals surface area contributed by atoms with Crippen LogP contribution in [0.2, 0.25) is 0 Å². The van der Waals surface area contributed by atoms with Crippen molar-refractivity contribution in [3.8, 4) is 0 Å². The molecule has 1 aliphatic carbocycles. The number of nitrogens with zero attached hydrogens (tertiary/aromatic N) is 1. The van der Waals surface area contributed by atoms with Gasteiger partial charge in [-0.3, -0.25) is 4.79 Å². The normalized spacial score (nSPS) is 15.5. The molecule has 1 saturated carbocycles. The van der Waals surface area contributed by atoms with Crippen molar-refractivity contribution in [1.29, 1.82) is 0 Å². The van der Waals surface area contributed by atoms with E-state index in [0.717, 1.165) is 18.7 Å². The highest BCUT2D eigenvalue weighted by Gasteiger charge is 2.16. The van der Waals surface area contributed by atoms with Crippen molar-refractivity contribution in [1.82, 2.24) is 10.3 Å². The lowest BCUT2D eigenvalue weighted by Crippen LogP contribution is -2.28. The molecule has 0 saturated heterocycles. The van der Waals surface area contributed by atoms with Crippen molar-refractivity contribution in [2.24, 2.45) is 11.8 Å². The van der Waals surface area contributed by atoms with E-state index in [1.165, 1.54) is 25.7 Å². The first kappa shape index (κ1) is 13.8. The summed E-state index contributed by atoms with van der Waals surface area (Å²) in [5.41, 5.74) is 3.99. The summed E-state index contributed by atoms with van der Waals surface area (Å²) in [5, 5.41) is 3.01. The van der Waals surface area contributed by atoms with Gasteiger partial charge in [-0.15, -0.1) is 0 Å². The van der Waals surface area contributed by atoms with Gasteiger partial charge in [-0.2, -0.15) is 0 Å². The molecule has 4 N–H and O–H groups in total. The SMILES string of the molecule is CCc1cc(C(=O)NCC2CCCC2)cc(NN)n1. The molecular formula is C14H22N4O. The van der Waals surface area contributed by atoms with Crippen LogP contribution in [0.15, 0.2) is 12.1 Å². The lowest BCUT2D eigenvalue weighted by molar-refractivity contribution is 0.0947. The Hall–Kier alpha value is -1.62. The molecule has 0 aromatic carbocycles. The maximum absolute atomic E-state index is 12.1. The fourth-order valence-corrected chi connectivity index (χ4v) is 2.53. The number of carbonyl (C=O) groups is 1. The minimum absolute atomic E-state index is 0.0412. The third kappa shape index (κ3) is 3.67. The number of carbonyl (C=O) groups excluding carboxylic acids is 1. The van der Waals surface area contributed by atoms with E-state index >= 15 is 0 Å². The van der Waals surface area contributed by atoms with Gasteiger partial charge in [-0.05, 0) is 37.3 Å². The Morgan fingerprint density at radius 2 is 2.16 bits per heavy atom. The van der Waals surface area contributed by atoms with Crippen molar-refractivity contribution in [3.63, 3.8) is 0 Å². The molecular weight excluding hydrogens is 240 g/mol. The van der Waals surface area contributed by atoms with Crippen molar-refractivity contribution in [3.05, 3.63) is 23.4 Å². The zero-order chi connectivity index (χ0) is 13.7. The van der Waals surface area contributed by atoms with E-state index in [-0.39, 0.29) is 5.91 Å². The second-order valence-corrected chi connectivity index (χ2v) is 5.09. The van der Waals surface area contributed by atoms with E-state index in [9.17, 15) is 4.79 Å². The summed E-state index contributed by atoms with van der Waals surface area (Å²) in [6, 6.07) is 3.51. The summed E-state index contributed by atoms with van der Waals surface area (Å²) < 4.78 is 0. The van der Waals surface area contributed by atoms with E-state index in [1.54, 1.807) is 6.07 Å². The molecule has 19 heavy (non-hydrogen) atoms. The quantitative estimate of drug-likeness (QED) is 0.559. The fourth-order valence-electron chi connectivity index (χ4n) is 2.53. The molecule has 0 atom stereocenters. The molecule has 0 spiro atoms. The molecule has 1 amide bonds. The number of nitrogens with one attached hydrogen (secondary N) is 2. The molecule has 1 aromatic rings. The molecule has 0 unspecified atom stereocenters. The first-order valence-corrected chi connectivity index (χ1v) is 6.98. The average Bonchev–Trinajstić information content (AvgIpc) is 2.97. The van der Waals surface area contributed by atoms with Crippen LogP contribution in [0.1, 0.15) is 48.7 Å². The Morgan fingerprint density at radius 1 is 1.42 bits per heavy atom. The number of aromatic nitrogens is 1. The van der Waals surface area contributed by atoms with Gasteiger partial charge in [0.1, 0.15) is 5.82 Å². The summed E-state index contributed by atoms with van der Waals surface area (Å²) in [6.45, 7) is 2.77. The van der Waals surface area contributed by atoms with Gasteiger partial charge in [0.2, 0.25) is 0 Å². The van der Waals surface area contributed by atoms with Crippen molar-refractivity contribution in [2.45, 2.75) is 39.0 Å². The predicted octanol–water partition coefficient (Wildman–Crippen LogP) is 1.85. The number of hydrogen-bond donors (Lipinski definition) is 3. The molecule has 1 aliphatic rings. The third-order valence-corrected chi connectivity index (χ3v) is 3.68. The Morgan fingerprint density at radius 3 is 2.79 bits per heavy atom. The lowest BCUT2D eigenvalue weighted by atomic mass is 10.1. The zero-order valence-electron chi connectivity index (χ0n) is 11.4. The largest absolute Gasteiger partial charge is 0.352 e. The van der Waals surface area contributed by atoms with Gasteiger partial charge < -0.3 is 10.7 Å². The van der Waals surface area contributed by atoms with Crippen LogP contribution in [-0.2, 0) is 6.42 Å². The number of hydrazine groups is 1. The highest BCUT2D eigenvalue weighted by molar-refractivity contribution is 5.95. The molecule has 0 aliphatic heterocycles. The van der Waals surface area contributed by atoms with Crippen LogP contribution in [0.4, 0.5) is 5.82 Å². The summed E-state index contributed by atoms with van der Waals surface area (Å²) in [7, 11) is 0. The molecule has 1 fully saturated rings. The van der Waals surface area contributed by atoms with Crippen molar-refractivity contribution >= 4 is 11.7 Å². The Kier molecular flexibility index (Phi) is 4.74. The Balaban J connectivity index is 2.00. The van der Waals surface area contributed by atoms with Gasteiger partial charge in [-0.1, -0.05) is 19.8 Å². The zero-order valence-corrected chi connectivity index (χ0v) is 11.4. The van der Waals surface area contributed by atoms with Gasteiger partial charge in [-0.25, -0.2) is 10.8 Å². The monoisotopic (exact) mass is 262 g/mol. The second-order valence-electron chi connectivity index (χ2n) is 5.09. The van der Waals surface area contributed by atoms with Gasteiger partial charge >= 0.3 is 0 Å². The highest BCUT2D eigenvalue weighted by atomic mass is 16.1. The van der Waals surface area contributed by atoms with Crippen LogP contribution in [0.3, 0.4) is 0 Å². The highest BCUT2D eigenvalue weighted by Crippen LogP contribution is 2.23. The van der Waals surface area contributed by atoms with Crippen LogP contribution in [0.5, 0.6) is 0 Å². The predicted molar refractivity (Wildman–Crippen MR) is 75.7 cm³/mol. The van der Waals surface area contributed by atoms with Gasteiger partial charge in [0, 0.05) is 17.8 Å². The molecule has 0 radical (unpaired) electrons. The molecule has 2 rings (SSSR count). The fraction of sp³-hybridized carbons (Fsp3) is 0.571. The van der Waals surface area contributed by atoms with E-state index < -0.39 is 0 Å². The average molecular weight is 262 g/mol. The van der Waals surface area contributed by atoms with E-state index in [0.29, 0.717) is 17.3 Å². The van der Waals surface area contributed by atoms with Crippen LogP contribution in [-0.4, -0.2) is 17.4 Å². The molecule has 104 valence electrons. The maximum atomic E-state index is 12.1. The van der Waals surface area contributed by atoms with Crippen LogP contribution >= 0.6 is 0 Å². The van der Waals surface area contributed by atoms with Crippen molar-refractivity contribution in [2.75, 3.05) is 12.0 Å². The number of nitrogens with two attached hydrogens (primary N) is 1. The minimum Gasteiger partial charge on any atom is -0.352 e. The van der Waals surface area contributed by atoms with E-state index in [4.69, 9.17) is 5.84 Å². The first-order chi connectivity index (χ1) is 9.22. The Labute approximate surface area is 114 Å². The van der Waals surface area contributed by atoms with Gasteiger partial charge in [0.05, 0.1) is 0 Å². The second kappa shape index (κ2) is 6.52. The molecule has 5 nitrogen and oxygen atoms in total. The minimum atomic E-state index is -0.0412. The Bertz CT molecular complexity index is 419. The van der Waals surface area contributed by atoms with Crippen molar-refractivity contribution < 1.29 is 4.79 Å². The molecule has 1 aromatic heterocycles. The molecule has 0 bridgehead atoms. The summed E-state index contributed by atoms with van der Waals surface area (Å²) in [6.07, 6.45) is 5.81. The smallest absolute Gasteiger partial charge is 0.251 e. The number of pyridine rings is 1.